The maximum absolute atomic E-state index is 13.6. The van der Waals surface area contributed by atoms with Crippen LogP contribution >= 0.6 is 0 Å². The summed E-state index contributed by atoms with van der Waals surface area (Å²) < 4.78 is 18.2. The van der Waals surface area contributed by atoms with Crippen molar-refractivity contribution in [3.05, 3.63) is 101 Å². The molecule has 6 rings (SSSR count). The smallest absolute Gasteiger partial charge is 0.261 e. The summed E-state index contributed by atoms with van der Waals surface area (Å²) in [4.78, 5) is 40.6. The molecule has 1 fully saturated rings. The van der Waals surface area contributed by atoms with Gasteiger partial charge in [-0.2, -0.15) is 0 Å². The average Bonchev–Trinajstić information content (AvgIpc) is 3.10. The second-order valence-electron chi connectivity index (χ2n) is 11.5. The number of pyridine rings is 4. The molecule has 0 bridgehead atoms. The van der Waals surface area contributed by atoms with E-state index in [1.165, 1.54) is 6.20 Å². The Bertz CT molecular complexity index is 1950. The van der Waals surface area contributed by atoms with Gasteiger partial charge in [0.2, 0.25) is 5.43 Å². The minimum absolute atomic E-state index is 0.0251. The SMILES string of the molecule is COc1ccc(-c2cnc(N)c(-c3ccc(NC(=O)c4cn(CC5CCOCC5)cc(-c5ccc(C)cn5)c4=O)cn3)c2)cc1OC. The molecule has 5 aromatic rings. The maximum atomic E-state index is 13.6. The maximum Gasteiger partial charge on any atom is 0.261 e. The van der Waals surface area contributed by atoms with E-state index in [0.29, 0.717) is 71.2 Å². The van der Waals surface area contributed by atoms with Gasteiger partial charge in [-0.1, -0.05) is 12.1 Å². The Labute approximate surface area is 272 Å². The third-order valence-corrected chi connectivity index (χ3v) is 8.25. The standard InChI is InChI=1S/C36H36N6O5/c1-22-4-7-31(38-16-22)28-20-42(19-23-10-12-47-13-11-23)21-29(34(28)43)36(44)41-26-6-8-30(39-18-26)27-14-25(17-40-35(27)37)24-5-9-32(45-2)33(15-24)46-3/h4-9,14-18,20-21,23H,10-13,19H2,1-3H3,(H2,37,40)(H,41,44). The van der Waals surface area contributed by atoms with Gasteiger partial charge in [-0.05, 0) is 73.2 Å². The molecule has 5 heterocycles. The number of nitrogens with two attached hydrogens (primary N) is 1. The molecule has 240 valence electrons. The molecule has 0 atom stereocenters. The molecule has 1 aliphatic heterocycles. The fraction of sp³-hybridized carbons (Fsp3) is 0.250. The Morgan fingerprint density at radius 2 is 1.64 bits per heavy atom. The summed E-state index contributed by atoms with van der Waals surface area (Å²) in [5.74, 6) is 1.37. The molecule has 0 spiro atoms. The lowest BCUT2D eigenvalue weighted by atomic mass is 10.00. The first-order chi connectivity index (χ1) is 22.8. The number of hydrogen-bond acceptors (Lipinski definition) is 9. The van der Waals surface area contributed by atoms with E-state index >= 15 is 0 Å². The van der Waals surface area contributed by atoms with Gasteiger partial charge in [-0.25, -0.2) is 4.98 Å². The van der Waals surface area contributed by atoms with Gasteiger partial charge in [0.1, 0.15) is 11.4 Å². The lowest BCUT2D eigenvalue weighted by molar-refractivity contribution is 0.0612. The second kappa shape index (κ2) is 13.8. The summed E-state index contributed by atoms with van der Waals surface area (Å²) in [5.41, 5.74) is 11.1. The number of rotatable bonds is 9. The van der Waals surface area contributed by atoms with Crippen molar-refractivity contribution in [2.45, 2.75) is 26.3 Å². The normalized spacial score (nSPS) is 13.3. The van der Waals surface area contributed by atoms with E-state index in [-0.39, 0.29) is 5.56 Å². The number of hydrogen-bond donors (Lipinski definition) is 2. The van der Waals surface area contributed by atoms with E-state index in [1.807, 2.05) is 41.8 Å². The van der Waals surface area contributed by atoms with Crippen LogP contribution in [0.15, 0.2) is 84.3 Å². The van der Waals surface area contributed by atoms with E-state index in [0.717, 1.165) is 29.5 Å². The number of aryl methyl sites for hydroxylation is 1. The predicted octanol–water partition coefficient (Wildman–Crippen LogP) is 5.62. The zero-order valence-electron chi connectivity index (χ0n) is 26.5. The number of nitrogens with one attached hydrogen (secondary N) is 1. The summed E-state index contributed by atoms with van der Waals surface area (Å²) in [7, 11) is 3.17. The van der Waals surface area contributed by atoms with Crippen LogP contribution in [0.2, 0.25) is 0 Å². The number of aromatic nitrogens is 4. The van der Waals surface area contributed by atoms with Crippen molar-refractivity contribution in [1.82, 2.24) is 19.5 Å². The van der Waals surface area contributed by atoms with Gasteiger partial charge < -0.3 is 29.8 Å². The summed E-state index contributed by atoms with van der Waals surface area (Å²) >= 11 is 0. The van der Waals surface area contributed by atoms with Gasteiger partial charge in [-0.15, -0.1) is 0 Å². The number of carbonyl (C=O) groups is 1. The van der Waals surface area contributed by atoms with Gasteiger partial charge in [0.25, 0.3) is 5.91 Å². The number of nitrogens with zero attached hydrogens (tertiary/aromatic N) is 4. The van der Waals surface area contributed by atoms with Crippen LogP contribution < -0.4 is 26.0 Å². The quantitative estimate of drug-likeness (QED) is 0.212. The molecule has 0 saturated carbocycles. The lowest BCUT2D eigenvalue weighted by Gasteiger charge is -2.23. The van der Waals surface area contributed by atoms with Crippen molar-refractivity contribution in [3.8, 4) is 45.1 Å². The average molecular weight is 633 g/mol. The number of benzene rings is 1. The van der Waals surface area contributed by atoms with Gasteiger partial charge in [-0.3, -0.25) is 19.6 Å². The van der Waals surface area contributed by atoms with Crippen LogP contribution in [0.3, 0.4) is 0 Å². The number of carbonyl (C=O) groups excluding carboxylic acids is 1. The first-order valence-corrected chi connectivity index (χ1v) is 15.3. The highest BCUT2D eigenvalue weighted by molar-refractivity contribution is 6.04. The highest BCUT2D eigenvalue weighted by Crippen LogP contribution is 2.34. The number of nitrogen functional groups attached to an aromatic ring is 1. The molecule has 1 aliphatic rings. The van der Waals surface area contributed by atoms with Crippen LogP contribution in [-0.4, -0.2) is 52.9 Å². The van der Waals surface area contributed by atoms with Crippen molar-refractivity contribution in [2.75, 3.05) is 38.5 Å². The molecular weight excluding hydrogens is 596 g/mol. The van der Waals surface area contributed by atoms with Crippen LogP contribution in [0.5, 0.6) is 11.5 Å². The molecule has 47 heavy (non-hydrogen) atoms. The Morgan fingerprint density at radius 1 is 0.894 bits per heavy atom. The van der Waals surface area contributed by atoms with E-state index in [4.69, 9.17) is 19.9 Å². The molecule has 11 nitrogen and oxygen atoms in total. The second-order valence-corrected chi connectivity index (χ2v) is 11.5. The van der Waals surface area contributed by atoms with Crippen LogP contribution in [0.4, 0.5) is 11.5 Å². The predicted molar refractivity (Wildman–Crippen MR) is 181 cm³/mol. The molecule has 11 heteroatoms. The summed E-state index contributed by atoms with van der Waals surface area (Å²) in [5, 5.41) is 2.84. The van der Waals surface area contributed by atoms with Crippen molar-refractivity contribution in [2.24, 2.45) is 5.92 Å². The molecule has 4 aromatic heterocycles. The van der Waals surface area contributed by atoms with Crippen molar-refractivity contribution >= 4 is 17.4 Å². The van der Waals surface area contributed by atoms with Crippen LogP contribution in [0.25, 0.3) is 33.6 Å². The minimum atomic E-state index is -0.532. The summed E-state index contributed by atoms with van der Waals surface area (Å²) in [6, 6.07) is 14.7. The molecule has 0 radical (unpaired) electrons. The fourth-order valence-electron chi connectivity index (χ4n) is 5.61. The molecule has 0 unspecified atom stereocenters. The summed E-state index contributed by atoms with van der Waals surface area (Å²) in [6.45, 7) is 4.01. The number of ether oxygens (including phenoxy) is 3. The first-order valence-electron chi connectivity index (χ1n) is 15.3. The Balaban J connectivity index is 1.26. The highest BCUT2D eigenvalue weighted by atomic mass is 16.5. The lowest BCUT2D eigenvalue weighted by Crippen LogP contribution is -2.27. The van der Waals surface area contributed by atoms with Crippen LogP contribution in [0, 0.1) is 12.8 Å². The van der Waals surface area contributed by atoms with E-state index in [9.17, 15) is 9.59 Å². The number of methoxy groups -OCH3 is 2. The highest BCUT2D eigenvalue weighted by Gasteiger charge is 2.20. The fourth-order valence-corrected chi connectivity index (χ4v) is 5.61. The Morgan fingerprint density at radius 3 is 2.34 bits per heavy atom. The Kier molecular flexibility index (Phi) is 9.25. The first kappa shape index (κ1) is 31.4. The van der Waals surface area contributed by atoms with Crippen LogP contribution in [0.1, 0.15) is 28.8 Å². The van der Waals surface area contributed by atoms with Crippen molar-refractivity contribution in [3.63, 3.8) is 0 Å². The van der Waals surface area contributed by atoms with Gasteiger partial charge >= 0.3 is 0 Å². The number of amides is 1. The van der Waals surface area contributed by atoms with E-state index < -0.39 is 11.3 Å². The van der Waals surface area contributed by atoms with E-state index in [2.05, 4.69) is 20.3 Å². The zero-order chi connectivity index (χ0) is 32.9. The van der Waals surface area contributed by atoms with Gasteiger partial charge in [0.05, 0.1) is 43.1 Å². The molecule has 0 aliphatic carbocycles. The zero-order valence-corrected chi connectivity index (χ0v) is 26.5. The minimum Gasteiger partial charge on any atom is -0.493 e. The topological polar surface area (TPSA) is 143 Å². The van der Waals surface area contributed by atoms with Gasteiger partial charge in [0.15, 0.2) is 11.5 Å². The third kappa shape index (κ3) is 7.00. The Hall–Kier alpha value is -5.55. The van der Waals surface area contributed by atoms with Crippen molar-refractivity contribution in [1.29, 1.82) is 0 Å². The van der Waals surface area contributed by atoms with Crippen molar-refractivity contribution < 1.29 is 19.0 Å². The molecule has 1 saturated heterocycles. The van der Waals surface area contributed by atoms with Crippen LogP contribution in [-0.2, 0) is 11.3 Å². The number of anilines is 2. The van der Waals surface area contributed by atoms with Gasteiger partial charge in [0, 0.05) is 55.7 Å². The monoisotopic (exact) mass is 632 g/mol. The largest absolute Gasteiger partial charge is 0.493 e. The molecule has 1 aromatic carbocycles. The summed E-state index contributed by atoms with van der Waals surface area (Å²) in [6.07, 6.45) is 10.2. The molecule has 1 amide bonds. The molecular formula is C36H36N6O5. The van der Waals surface area contributed by atoms with E-state index in [1.54, 1.807) is 57.2 Å². The molecule has 3 N–H and O–H groups in total. The third-order valence-electron chi connectivity index (χ3n) is 8.25.